The highest BCUT2D eigenvalue weighted by Gasteiger charge is 2.15. The zero-order valence-corrected chi connectivity index (χ0v) is 9.03. The summed E-state index contributed by atoms with van der Waals surface area (Å²) in [6.45, 7) is 0.371. The Morgan fingerprint density at radius 2 is 2.35 bits per heavy atom. The van der Waals surface area contributed by atoms with E-state index in [0.717, 1.165) is 5.56 Å². The molecular formula is C11H12N2O4. The molecule has 0 aromatic heterocycles. The van der Waals surface area contributed by atoms with Crippen LogP contribution in [-0.4, -0.2) is 30.3 Å². The van der Waals surface area contributed by atoms with E-state index in [4.69, 9.17) is 9.84 Å². The van der Waals surface area contributed by atoms with Crippen molar-refractivity contribution in [3.8, 4) is 5.75 Å². The normalized spacial score (nSPS) is 13.3. The van der Waals surface area contributed by atoms with Crippen LogP contribution in [0.15, 0.2) is 18.2 Å². The number of carbonyl (C=O) groups excluding carboxylic acids is 1. The van der Waals surface area contributed by atoms with Crippen molar-refractivity contribution in [2.75, 3.05) is 18.5 Å². The molecule has 0 bridgehead atoms. The second kappa shape index (κ2) is 4.73. The predicted molar refractivity (Wildman–Crippen MR) is 60.3 cm³/mol. The predicted octanol–water partition coefficient (Wildman–Crippen LogP) is 0.828. The van der Waals surface area contributed by atoms with E-state index >= 15 is 0 Å². The van der Waals surface area contributed by atoms with Crippen LogP contribution in [0.3, 0.4) is 0 Å². The Morgan fingerprint density at radius 1 is 1.53 bits per heavy atom. The molecule has 0 saturated heterocycles. The molecule has 2 amide bonds. The van der Waals surface area contributed by atoms with E-state index in [0.29, 0.717) is 24.4 Å². The Bertz CT molecular complexity index is 459. The third kappa shape index (κ3) is 2.87. The lowest BCUT2D eigenvalue weighted by Gasteiger charge is -2.18. The van der Waals surface area contributed by atoms with Crippen molar-refractivity contribution in [1.82, 2.24) is 5.32 Å². The summed E-state index contributed by atoms with van der Waals surface area (Å²) in [5.41, 5.74) is 1.57. The topological polar surface area (TPSA) is 87.7 Å². The van der Waals surface area contributed by atoms with E-state index in [-0.39, 0.29) is 12.5 Å². The molecule has 0 radical (unpaired) electrons. The molecular weight excluding hydrogens is 224 g/mol. The molecule has 0 spiro atoms. The summed E-state index contributed by atoms with van der Waals surface area (Å²) in [6, 6.07) is 5.40. The lowest BCUT2D eigenvalue weighted by Crippen LogP contribution is -2.26. The minimum absolute atomic E-state index is 0.0346. The summed E-state index contributed by atoms with van der Waals surface area (Å²) >= 11 is 0. The van der Waals surface area contributed by atoms with E-state index in [2.05, 4.69) is 10.6 Å². The van der Waals surface area contributed by atoms with Crippen molar-refractivity contribution in [2.45, 2.75) is 6.42 Å². The SMILES string of the molecule is O=C(O)NCCc1ccc2c(c1)NC(=O)CO2. The molecule has 1 aliphatic heterocycles. The van der Waals surface area contributed by atoms with Crippen molar-refractivity contribution >= 4 is 17.7 Å². The van der Waals surface area contributed by atoms with Crippen LogP contribution in [0.25, 0.3) is 0 Å². The second-order valence-electron chi connectivity index (χ2n) is 3.65. The molecule has 0 aliphatic carbocycles. The third-order valence-corrected chi connectivity index (χ3v) is 2.37. The first-order valence-corrected chi connectivity index (χ1v) is 5.17. The molecule has 1 aromatic rings. The zero-order chi connectivity index (χ0) is 12.3. The van der Waals surface area contributed by atoms with Gasteiger partial charge in [-0.05, 0) is 24.1 Å². The van der Waals surface area contributed by atoms with Crippen LogP contribution < -0.4 is 15.4 Å². The van der Waals surface area contributed by atoms with E-state index in [1.807, 2.05) is 6.07 Å². The molecule has 17 heavy (non-hydrogen) atoms. The van der Waals surface area contributed by atoms with Crippen molar-refractivity contribution in [3.05, 3.63) is 23.8 Å². The van der Waals surface area contributed by atoms with E-state index in [1.54, 1.807) is 12.1 Å². The van der Waals surface area contributed by atoms with Crippen LogP contribution in [0.2, 0.25) is 0 Å². The van der Waals surface area contributed by atoms with E-state index in [9.17, 15) is 9.59 Å². The standard InChI is InChI=1S/C11H12N2O4/c14-10-6-17-9-2-1-7(5-8(9)13-10)3-4-12-11(15)16/h1-2,5,12H,3-4,6H2,(H,13,14)(H,15,16). The molecule has 0 atom stereocenters. The summed E-state index contributed by atoms with van der Waals surface area (Å²) in [6.07, 6.45) is -0.477. The Hall–Kier alpha value is -2.24. The van der Waals surface area contributed by atoms with Gasteiger partial charge < -0.3 is 20.5 Å². The quantitative estimate of drug-likeness (QED) is 0.725. The molecule has 6 nitrogen and oxygen atoms in total. The molecule has 0 fully saturated rings. The fraction of sp³-hybridized carbons (Fsp3) is 0.273. The number of ether oxygens (including phenoxy) is 1. The van der Waals surface area contributed by atoms with Crippen molar-refractivity contribution in [1.29, 1.82) is 0 Å². The maximum absolute atomic E-state index is 11.1. The lowest BCUT2D eigenvalue weighted by atomic mass is 10.1. The van der Waals surface area contributed by atoms with Gasteiger partial charge in [-0.1, -0.05) is 6.07 Å². The number of benzene rings is 1. The highest BCUT2D eigenvalue weighted by atomic mass is 16.5. The molecule has 3 N–H and O–H groups in total. The summed E-state index contributed by atoms with van der Waals surface area (Å²) in [7, 11) is 0. The van der Waals surface area contributed by atoms with Gasteiger partial charge in [-0.2, -0.15) is 0 Å². The lowest BCUT2D eigenvalue weighted by molar-refractivity contribution is -0.118. The van der Waals surface area contributed by atoms with Crippen molar-refractivity contribution in [2.24, 2.45) is 0 Å². The van der Waals surface area contributed by atoms with Crippen LogP contribution in [0.1, 0.15) is 5.56 Å². The number of fused-ring (bicyclic) bond motifs is 1. The van der Waals surface area contributed by atoms with Gasteiger partial charge in [0, 0.05) is 6.54 Å². The molecule has 90 valence electrons. The average molecular weight is 236 g/mol. The van der Waals surface area contributed by atoms with E-state index < -0.39 is 6.09 Å². The first-order valence-electron chi connectivity index (χ1n) is 5.17. The first kappa shape index (κ1) is 11.3. The van der Waals surface area contributed by atoms with Gasteiger partial charge >= 0.3 is 6.09 Å². The van der Waals surface area contributed by atoms with Crippen LogP contribution in [-0.2, 0) is 11.2 Å². The number of anilines is 1. The van der Waals surface area contributed by atoms with Gasteiger partial charge in [0.25, 0.3) is 5.91 Å². The highest BCUT2D eigenvalue weighted by molar-refractivity contribution is 5.95. The maximum Gasteiger partial charge on any atom is 0.404 e. The van der Waals surface area contributed by atoms with Crippen molar-refractivity contribution < 1.29 is 19.4 Å². The number of hydrogen-bond acceptors (Lipinski definition) is 3. The summed E-state index contributed by atoms with van der Waals surface area (Å²) in [4.78, 5) is 21.4. The van der Waals surface area contributed by atoms with Gasteiger partial charge in [-0.3, -0.25) is 4.79 Å². The van der Waals surface area contributed by atoms with Gasteiger partial charge in [0.2, 0.25) is 0 Å². The summed E-state index contributed by atoms with van der Waals surface area (Å²) < 4.78 is 5.21. The second-order valence-corrected chi connectivity index (χ2v) is 3.65. The zero-order valence-electron chi connectivity index (χ0n) is 9.03. The Labute approximate surface area is 97.6 Å². The van der Waals surface area contributed by atoms with Gasteiger partial charge in [-0.25, -0.2) is 4.79 Å². The number of carboxylic acid groups (broad SMARTS) is 1. The highest BCUT2D eigenvalue weighted by Crippen LogP contribution is 2.28. The molecule has 2 rings (SSSR count). The van der Waals surface area contributed by atoms with E-state index in [1.165, 1.54) is 0 Å². The fourth-order valence-corrected chi connectivity index (χ4v) is 1.60. The Kier molecular flexibility index (Phi) is 3.13. The number of nitrogens with one attached hydrogen (secondary N) is 2. The Morgan fingerprint density at radius 3 is 3.12 bits per heavy atom. The maximum atomic E-state index is 11.1. The number of carbonyl (C=O) groups is 2. The molecule has 1 aliphatic rings. The number of hydrogen-bond donors (Lipinski definition) is 3. The smallest absolute Gasteiger partial charge is 0.404 e. The van der Waals surface area contributed by atoms with Crippen LogP contribution in [0.5, 0.6) is 5.75 Å². The minimum Gasteiger partial charge on any atom is -0.482 e. The average Bonchev–Trinajstić information content (AvgIpc) is 2.28. The van der Waals surface area contributed by atoms with Crippen LogP contribution in [0.4, 0.5) is 10.5 Å². The molecule has 1 heterocycles. The van der Waals surface area contributed by atoms with Gasteiger partial charge in [-0.15, -0.1) is 0 Å². The fourth-order valence-electron chi connectivity index (χ4n) is 1.60. The van der Waals surface area contributed by atoms with Crippen LogP contribution in [0, 0.1) is 0 Å². The monoisotopic (exact) mass is 236 g/mol. The molecule has 1 aromatic carbocycles. The van der Waals surface area contributed by atoms with Gasteiger partial charge in [0.05, 0.1) is 5.69 Å². The number of rotatable bonds is 3. The molecule has 0 saturated carbocycles. The molecule has 6 heteroatoms. The summed E-state index contributed by atoms with van der Waals surface area (Å²) in [5, 5.41) is 13.4. The van der Waals surface area contributed by atoms with Crippen LogP contribution >= 0.6 is 0 Å². The third-order valence-electron chi connectivity index (χ3n) is 2.37. The largest absolute Gasteiger partial charge is 0.482 e. The minimum atomic E-state index is -1.04. The molecule has 0 unspecified atom stereocenters. The summed E-state index contributed by atoms with van der Waals surface area (Å²) in [5.74, 6) is 0.456. The van der Waals surface area contributed by atoms with Gasteiger partial charge in [0.1, 0.15) is 5.75 Å². The Balaban J connectivity index is 2.02. The van der Waals surface area contributed by atoms with Crippen molar-refractivity contribution in [3.63, 3.8) is 0 Å². The first-order chi connectivity index (χ1) is 8.15. The van der Waals surface area contributed by atoms with Gasteiger partial charge in [0.15, 0.2) is 6.61 Å². The number of amides is 2.